The van der Waals surface area contributed by atoms with Gasteiger partial charge in [0.2, 0.25) is 0 Å². The van der Waals surface area contributed by atoms with Crippen LogP contribution >= 0.6 is 12.2 Å². The van der Waals surface area contributed by atoms with Crippen LogP contribution in [0.3, 0.4) is 0 Å². The predicted octanol–water partition coefficient (Wildman–Crippen LogP) is 6.28. The summed E-state index contributed by atoms with van der Waals surface area (Å²) in [6.45, 7) is 0. The minimum absolute atomic E-state index is 0.0418. The lowest BCUT2D eigenvalue weighted by Gasteiger charge is -2.38. The molecule has 33 heavy (non-hydrogen) atoms. The molecule has 4 rings (SSSR count). The first-order valence-electron chi connectivity index (χ1n) is 9.95. The number of rotatable bonds is 4. The van der Waals surface area contributed by atoms with Crippen LogP contribution in [0.2, 0.25) is 0 Å². The topological polar surface area (TPSA) is 41.9 Å². The molecular formula is C22H18F6N4S. The van der Waals surface area contributed by atoms with Gasteiger partial charge < -0.3 is 15.2 Å². The zero-order chi connectivity index (χ0) is 23.8. The van der Waals surface area contributed by atoms with Crippen molar-refractivity contribution in [1.29, 1.82) is 0 Å². The molecule has 3 aromatic rings. The van der Waals surface area contributed by atoms with Gasteiger partial charge in [-0.3, -0.25) is 0 Å². The fraction of sp³-hybridized carbons (Fsp3) is 0.273. The quantitative estimate of drug-likeness (QED) is 0.338. The second-order valence-corrected chi connectivity index (χ2v) is 8.18. The summed E-state index contributed by atoms with van der Waals surface area (Å²) in [7, 11) is 0. The number of hydrogen-bond donors (Lipinski definition) is 2. The van der Waals surface area contributed by atoms with Crippen LogP contribution in [-0.2, 0) is 12.4 Å². The Morgan fingerprint density at radius 1 is 0.939 bits per heavy atom. The molecule has 174 valence electrons. The highest BCUT2D eigenvalue weighted by atomic mass is 32.1. The maximum absolute atomic E-state index is 13.0. The van der Waals surface area contributed by atoms with Crippen molar-refractivity contribution in [1.82, 2.24) is 14.9 Å². The fourth-order valence-corrected chi connectivity index (χ4v) is 4.03. The van der Waals surface area contributed by atoms with Crippen molar-refractivity contribution in [3.8, 4) is 11.3 Å². The summed E-state index contributed by atoms with van der Waals surface area (Å²) in [5.74, 6) is 0. The van der Waals surface area contributed by atoms with Gasteiger partial charge in [-0.1, -0.05) is 30.3 Å². The zero-order valence-corrected chi connectivity index (χ0v) is 17.7. The van der Waals surface area contributed by atoms with Crippen LogP contribution in [0.5, 0.6) is 0 Å². The Kier molecular flexibility index (Phi) is 6.08. The fourth-order valence-electron chi connectivity index (χ4n) is 3.74. The molecule has 0 aliphatic heterocycles. The lowest BCUT2D eigenvalue weighted by molar-refractivity contribution is -0.143. The monoisotopic (exact) mass is 484 g/mol. The molecule has 1 aliphatic rings. The summed E-state index contributed by atoms with van der Waals surface area (Å²) in [6.07, 6.45) is -4.98. The van der Waals surface area contributed by atoms with E-state index in [0.717, 1.165) is 11.3 Å². The van der Waals surface area contributed by atoms with E-state index in [4.69, 9.17) is 12.2 Å². The maximum Gasteiger partial charge on any atom is 0.416 e. The third kappa shape index (κ3) is 5.29. The molecule has 1 aromatic heterocycles. The van der Waals surface area contributed by atoms with E-state index in [1.165, 1.54) is 0 Å². The molecule has 1 aliphatic carbocycles. The highest BCUT2D eigenvalue weighted by Gasteiger charge is 2.37. The van der Waals surface area contributed by atoms with Crippen molar-refractivity contribution in [3.63, 3.8) is 0 Å². The first-order chi connectivity index (χ1) is 15.5. The van der Waals surface area contributed by atoms with Crippen molar-refractivity contribution < 1.29 is 26.3 Å². The Morgan fingerprint density at radius 3 is 2.12 bits per heavy atom. The lowest BCUT2D eigenvalue weighted by atomic mass is 9.86. The number of aromatic nitrogens is 2. The summed E-state index contributed by atoms with van der Waals surface area (Å²) in [6, 6.07) is 11.1. The van der Waals surface area contributed by atoms with E-state index >= 15 is 0 Å². The standard InChI is InChI=1S/C22H18F6N4S/c23-21(24,25)14-6-15(22(26,27)28)8-16(7-14)30-20(33)31-17-9-18(10-17)32-12-29-11-19(32)13-4-2-1-3-5-13/h1-8,11-12,17-18H,9-10H2,(H2,30,31,33). The predicted molar refractivity (Wildman–Crippen MR) is 116 cm³/mol. The number of hydrogen-bond acceptors (Lipinski definition) is 2. The molecule has 0 bridgehead atoms. The molecule has 1 saturated carbocycles. The van der Waals surface area contributed by atoms with Gasteiger partial charge in [-0.15, -0.1) is 0 Å². The average molecular weight is 484 g/mol. The molecule has 0 unspecified atom stereocenters. The maximum atomic E-state index is 13.0. The summed E-state index contributed by atoms with van der Waals surface area (Å²) in [4.78, 5) is 4.22. The molecule has 1 heterocycles. The van der Waals surface area contributed by atoms with Crippen LogP contribution in [0.4, 0.5) is 32.0 Å². The molecule has 0 spiro atoms. The Bertz CT molecular complexity index is 1100. The first kappa shape index (κ1) is 23.1. The van der Waals surface area contributed by atoms with E-state index in [1.54, 1.807) is 12.5 Å². The second kappa shape index (κ2) is 8.69. The van der Waals surface area contributed by atoms with Crippen LogP contribution in [0.1, 0.15) is 30.0 Å². The third-order valence-corrected chi connectivity index (χ3v) is 5.64. The normalized spacial score (nSPS) is 18.5. The number of benzene rings is 2. The number of nitrogens with one attached hydrogen (secondary N) is 2. The molecule has 1 fully saturated rings. The van der Waals surface area contributed by atoms with Crippen molar-refractivity contribution in [2.24, 2.45) is 0 Å². The van der Waals surface area contributed by atoms with Gasteiger partial charge in [0.1, 0.15) is 0 Å². The number of anilines is 1. The highest BCUT2D eigenvalue weighted by Crippen LogP contribution is 2.38. The SMILES string of the molecule is FC(F)(F)c1cc(NC(=S)NC2CC(n3cncc3-c3ccccc3)C2)cc(C(F)(F)F)c1. The average Bonchev–Trinajstić information content (AvgIpc) is 3.18. The Labute approximate surface area is 190 Å². The van der Waals surface area contributed by atoms with Crippen molar-refractivity contribution in [2.75, 3.05) is 5.32 Å². The highest BCUT2D eigenvalue weighted by molar-refractivity contribution is 7.80. The molecular weight excluding hydrogens is 466 g/mol. The number of nitrogens with zero attached hydrogens (tertiary/aromatic N) is 2. The van der Waals surface area contributed by atoms with Crippen LogP contribution in [0, 0.1) is 0 Å². The van der Waals surface area contributed by atoms with Crippen molar-refractivity contribution >= 4 is 23.0 Å². The van der Waals surface area contributed by atoms with Gasteiger partial charge >= 0.3 is 12.4 Å². The zero-order valence-electron chi connectivity index (χ0n) is 16.9. The molecule has 4 nitrogen and oxygen atoms in total. The third-order valence-electron chi connectivity index (χ3n) is 5.42. The minimum Gasteiger partial charge on any atom is -0.360 e. The van der Waals surface area contributed by atoms with Gasteiger partial charge in [0, 0.05) is 17.8 Å². The van der Waals surface area contributed by atoms with Gasteiger partial charge in [-0.25, -0.2) is 4.98 Å². The molecule has 0 amide bonds. The van der Waals surface area contributed by atoms with Gasteiger partial charge in [-0.2, -0.15) is 26.3 Å². The van der Waals surface area contributed by atoms with E-state index in [9.17, 15) is 26.3 Å². The van der Waals surface area contributed by atoms with E-state index in [1.807, 2.05) is 34.9 Å². The summed E-state index contributed by atoms with van der Waals surface area (Å²) >= 11 is 5.12. The van der Waals surface area contributed by atoms with E-state index in [0.29, 0.717) is 25.0 Å². The smallest absolute Gasteiger partial charge is 0.360 e. The van der Waals surface area contributed by atoms with E-state index < -0.39 is 23.5 Å². The Morgan fingerprint density at radius 2 is 1.55 bits per heavy atom. The van der Waals surface area contributed by atoms with Gasteiger partial charge in [0.05, 0.1) is 29.3 Å². The Hall–Kier alpha value is -3.08. The number of alkyl halides is 6. The Balaban J connectivity index is 1.39. The summed E-state index contributed by atoms with van der Waals surface area (Å²) < 4.78 is 80.2. The molecule has 2 aromatic carbocycles. The number of halogens is 6. The largest absolute Gasteiger partial charge is 0.416 e. The van der Waals surface area contributed by atoms with Crippen LogP contribution < -0.4 is 10.6 Å². The second-order valence-electron chi connectivity index (χ2n) is 7.77. The van der Waals surface area contributed by atoms with Crippen LogP contribution in [-0.4, -0.2) is 20.7 Å². The molecule has 0 atom stereocenters. The number of thiocarbonyl (C=S) groups is 1. The first-order valence-corrected chi connectivity index (χ1v) is 10.4. The number of imidazole rings is 1. The molecule has 0 radical (unpaired) electrons. The van der Waals surface area contributed by atoms with Crippen LogP contribution in [0.25, 0.3) is 11.3 Å². The minimum atomic E-state index is -4.92. The van der Waals surface area contributed by atoms with E-state index in [-0.39, 0.29) is 28.9 Å². The molecule has 0 saturated heterocycles. The summed E-state index contributed by atoms with van der Waals surface area (Å²) in [5.41, 5.74) is -1.21. The van der Waals surface area contributed by atoms with Gasteiger partial charge in [-0.05, 0) is 48.8 Å². The van der Waals surface area contributed by atoms with E-state index in [2.05, 4.69) is 15.6 Å². The lowest BCUT2D eigenvalue weighted by Crippen LogP contribution is -2.46. The van der Waals surface area contributed by atoms with Gasteiger partial charge in [0.25, 0.3) is 0 Å². The van der Waals surface area contributed by atoms with Crippen molar-refractivity contribution in [3.05, 3.63) is 72.2 Å². The van der Waals surface area contributed by atoms with Crippen molar-refractivity contribution in [2.45, 2.75) is 37.3 Å². The summed E-state index contributed by atoms with van der Waals surface area (Å²) in [5, 5.41) is 5.37. The van der Waals surface area contributed by atoms with Crippen LogP contribution in [0.15, 0.2) is 61.1 Å². The van der Waals surface area contributed by atoms with Gasteiger partial charge in [0.15, 0.2) is 5.11 Å². The molecule has 2 N–H and O–H groups in total. The molecule has 11 heteroatoms.